The molecule has 2 rings (SSSR count). The second-order valence-electron chi connectivity index (χ2n) is 6.09. The molecule has 1 atom stereocenters. The maximum absolute atomic E-state index is 12.7. The van der Waals surface area contributed by atoms with Gasteiger partial charge in [-0.15, -0.1) is 0 Å². The summed E-state index contributed by atoms with van der Waals surface area (Å²) in [5.41, 5.74) is -0.203. The number of nitrogens with one attached hydrogen (secondary N) is 2. The van der Waals surface area contributed by atoms with E-state index in [9.17, 15) is 4.79 Å². The summed E-state index contributed by atoms with van der Waals surface area (Å²) in [6.07, 6.45) is 4.41. The van der Waals surface area contributed by atoms with Crippen LogP contribution in [0.4, 0.5) is 0 Å². The third-order valence-electron chi connectivity index (χ3n) is 4.67. The standard InChI is InChI=1S/C16H27N3O2/c1-4-16(7-9-17-10-8-16)15(20)18-12-13(19(2)3)14-6-5-11-21-14/h5-6,11,13,17H,4,7-10,12H2,1-3H3,(H,18,20). The highest BCUT2D eigenvalue weighted by Crippen LogP contribution is 2.32. The molecular formula is C16H27N3O2. The molecule has 0 bridgehead atoms. The Morgan fingerprint density at radius 3 is 2.71 bits per heavy atom. The molecule has 0 aromatic carbocycles. The summed E-state index contributed by atoms with van der Waals surface area (Å²) < 4.78 is 5.48. The number of carbonyl (C=O) groups is 1. The second-order valence-corrected chi connectivity index (χ2v) is 6.09. The van der Waals surface area contributed by atoms with Crippen molar-refractivity contribution in [1.82, 2.24) is 15.5 Å². The van der Waals surface area contributed by atoms with Crippen LogP contribution in [0.15, 0.2) is 22.8 Å². The van der Waals surface area contributed by atoms with E-state index >= 15 is 0 Å². The number of carbonyl (C=O) groups excluding carboxylic acids is 1. The van der Waals surface area contributed by atoms with Gasteiger partial charge >= 0.3 is 0 Å². The minimum Gasteiger partial charge on any atom is -0.468 e. The van der Waals surface area contributed by atoms with Gasteiger partial charge in [0.15, 0.2) is 0 Å². The summed E-state index contributed by atoms with van der Waals surface area (Å²) in [5, 5.41) is 6.48. The first-order valence-electron chi connectivity index (χ1n) is 7.78. The van der Waals surface area contributed by atoms with E-state index in [1.54, 1.807) is 6.26 Å². The zero-order valence-corrected chi connectivity index (χ0v) is 13.3. The van der Waals surface area contributed by atoms with Crippen LogP contribution in [-0.2, 0) is 4.79 Å². The van der Waals surface area contributed by atoms with E-state index in [1.165, 1.54) is 0 Å². The molecule has 0 aliphatic carbocycles. The van der Waals surface area contributed by atoms with Gasteiger partial charge in [0, 0.05) is 6.54 Å². The predicted molar refractivity (Wildman–Crippen MR) is 83.0 cm³/mol. The van der Waals surface area contributed by atoms with Crippen molar-refractivity contribution in [2.24, 2.45) is 5.41 Å². The van der Waals surface area contributed by atoms with Crippen molar-refractivity contribution in [3.63, 3.8) is 0 Å². The lowest BCUT2D eigenvalue weighted by molar-refractivity contribution is -0.133. The smallest absolute Gasteiger partial charge is 0.226 e. The van der Waals surface area contributed by atoms with Crippen LogP contribution in [0.5, 0.6) is 0 Å². The van der Waals surface area contributed by atoms with E-state index in [4.69, 9.17) is 4.42 Å². The first kappa shape index (κ1) is 16.0. The molecule has 0 radical (unpaired) electrons. The lowest BCUT2D eigenvalue weighted by Gasteiger charge is -2.36. The second kappa shape index (κ2) is 7.09. The molecule has 1 saturated heterocycles. The van der Waals surface area contributed by atoms with Crippen molar-refractivity contribution in [1.29, 1.82) is 0 Å². The van der Waals surface area contributed by atoms with E-state index in [2.05, 4.69) is 22.5 Å². The highest BCUT2D eigenvalue weighted by Gasteiger charge is 2.37. The Morgan fingerprint density at radius 2 is 2.19 bits per heavy atom. The Hall–Kier alpha value is -1.33. The summed E-state index contributed by atoms with van der Waals surface area (Å²) in [7, 11) is 4.00. The highest BCUT2D eigenvalue weighted by atomic mass is 16.3. The van der Waals surface area contributed by atoms with Gasteiger partial charge in [0.25, 0.3) is 0 Å². The van der Waals surface area contributed by atoms with Gasteiger partial charge in [-0.3, -0.25) is 9.69 Å². The van der Waals surface area contributed by atoms with Crippen molar-refractivity contribution in [2.75, 3.05) is 33.7 Å². The Bertz CT molecular complexity index is 436. The Morgan fingerprint density at radius 1 is 1.48 bits per heavy atom. The maximum Gasteiger partial charge on any atom is 0.226 e. The number of hydrogen-bond donors (Lipinski definition) is 2. The van der Waals surface area contributed by atoms with Crippen LogP contribution in [0.25, 0.3) is 0 Å². The Balaban J connectivity index is 1.98. The van der Waals surface area contributed by atoms with E-state index < -0.39 is 0 Å². The molecule has 21 heavy (non-hydrogen) atoms. The van der Waals surface area contributed by atoms with E-state index in [-0.39, 0.29) is 17.4 Å². The average Bonchev–Trinajstić information content (AvgIpc) is 3.01. The number of furan rings is 1. The van der Waals surface area contributed by atoms with Crippen LogP contribution in [0.3, 0.4) is 0 Å². The number of amides is 1. The topological polar surface area (TPSA) is 57.5 Å². The number of nitrogens with zero attached hydrogens (tertiary/aromatic N) is 1. The minimum atomic E-state index is -0.203. The normalized spacial score (nSPS) is 19.4. The molecule has 1 aromatic heterocycles. The molecule has 0 saturated carbocycles. The van der Waals surface area contributed by atoms with Crippen LogP contribution in [0, 0.1) is 5.41 Å². The van der Waals surface area contributed by atoms with Crippen LogP contribution in [0.1, 0.15) is 38.0 Å². The van der Waals surface area contributed by atoms with Gasteiger partial charge in [-0.1, -0.05) is 6.92 Å². The zero-order valence-electron chi connectivity index (χ0n) is 13.3. The first-order chi connectivity index (χ1) is 10.1. The molecule has 1 unspecified atom stereocenters. The lowest BCUT2D eigenvalue weighted by Crippen LogP contribution is -2.48. The van der Waals surface area contributed by atoms with Crippen molar-refractivity contribution >= 4 is 5.91 Å². The number of piperidine rings is 1. The fourth-order valence-electron chi connectivity index (χ4n) is 3.04. The monoisotopic (exact) mass is 293 g/mol. The van der Waals surface area contributed by atoms with Gasteiger partial charge in [-0.25, -0.2) is 0 Å². The van der Waals surface area contributed by atoms with Gasteiger partial charge in [0.1, 0.15) is 5.76 Å². The molecule has 2 N–H and O–H groups in total. The van der Waals surface area contributed by atoms with E-state index in [1.807, 2.05) is 26.2 Å². The molecule has 1 fully saturated rings. The van der Waals surface area contributed by atoms with Gasteiger partial charge in [-0.05, 0) is 58.6 Å². The quantitative estimate of drug-likeness (QED) is 0.839. The SMILES string of the molecule is CCC1(C(=O)NCC(c2ccco2)N(C)C)CCNCC1. The highest BCUT2D eigenvalue weighted by molar-refractivity contribution is 5.82. The number of likely N-dealkylation sites (N-methyl/N-ethyl adjacent to an activating group) is 1. The van der Waals surface area contributed by atoms with Gasteiger partial charge in [0.05, 0.1) is 17.7 Å². The predicted octanol–water partition coefficient (Wildman–Crippen LogP) is 1.78. The fourth-order valence-corrected chi connectivity index (χ4v) is 3.04. The van der Waals surface area contributed by atoms with E-state index in [0.717, 1.165) is 38.1 Å². The molecule has 0 spiro atoms. The summed E-state index contributed by atoms with van der Waals surface area (Å²) in [6, 6.07) is 3.91. The van der Waals surface area contributed by atoms with E-state index in [0.29, 0.717) is 6.54 Å². The number of hydrogen-bond acceptors (Lipinski definition) is 4. The summed E-state index contributed by atoms with van der Waals surface area (Å²) in [4.78, 5) is 14.7. The largest absolute Gasteiger partial charge is 0.468 e. The lowest BCUT2D eigenvalue weighted by atomic mass is 9.76. The van der Waals surface area contributed by atoms with Crippen molar-refractivity contribution in [3.05, 3.63) is 24.2 Å². The third-order valence-corrected chi connectivity index (χ3v) is 4.67. The summed E-state index contributed by atoms with van der Waals surface area (Å²) in [6.45, 7) is 4.54. The maximum atomic E-state index is 12.7. The molecule has 5 nitrogen and oxygen atoms in total. The molecule has 2 heterocycles. The zero-order chi connectivity index (χ0) is 15.3. The van der Waals surface area contributed by atoms with Crippen LogP contribution < -0.4 is 10.6 Å². The molecule has 1 amide bonds. The summed E-state index contributed by atoms with van der Waals surface area (Å²) in [5.74, 6) is 1.07. The van der Waals surface area contributed by atoms with Crippen molar-refractivity contribution in [3.8, 4) is 0 Å². The Kier molecular flexibility index (Phi) is 5.42. The van der Waals surface area contributed by atoms with Crippen LogP contribution >= 0.6 is 0 Å². The van der Waals surface area contributed by atoms with Crippen LogP contribution in [-0.4, -0.2) is 44.5 Å². The van der Waals surface area contributed by atoms with Crippen LogP contribution in [0.2, 0.25) is 0 Å². The van der Waals surface area contributed by atoms with Gasteiger partial charge in [-0.2, -0.15) is 0 Å². The molecule has 5 heteroatoms. The van der Waals surface area contributed by atoms with Crippen molar-refractivity contribution < 1.29 is 9.21 Å². The Labute approximate surface area is 127 Å². The third kappa shape index (κ3) is 3.66. The molecule has 1 aliphatic heterocycles. The number of rotatable bonds is 6. The molecule has 1 aliphatic rings. The van der Waals surface area contributed by atoms with Crippen molar-refractivity contribution in [2.45, 2.75) is 32.2 Å². The fraction of sp³-hybridized carbons (Fsp3) is 0.688. The summed E-state index contributed by atoms with van der Waals surface area (Å²) >= 11 is 0. The molecular weight excluding hydrogens is 266 g/mol. The molecule has 1 aromatic rings. The first-order valence-corrected chi connectivity index (χ1v) is 7.78. The van der Waals surface area contributed by atoms with Gasteiger partial charge in [0.2, 0.25) is 5.91 Å². The van der Waals surface area contributed by atoms with Gasteiger partial charge < -0.3 is 15.1 Å². The minimum absolute atomic E-state index is 0.0690. The average molecular weight is 293 g/mol. The molecule has 118 valence electrons.